The van der Waals surface area contributed by atoms with Crippen molar-refractivity contribution >= 4 is 27.6 Å². The van der Waals surface area contributed by atoms with Crippen molar-refractivity contribution in [3.63, 3.8) is 0 Å². The Bertz CT molecular complexity index is 1430. The van der Waals surface area contributed by atoms with Crippen molar-refractivity contribution in [3.8, 4) is 5.75 Å². The number of fused-ring (bicyclic) bond motifs is 2. The number of hydrogen-bond donors (Lipinski definition) is 1. The molecule has 2 aliphatic heterocycles. The summed E-state index contributed by atoms with van der Waals surface area (Å²) >= 11 is 0. The molecule has 1 atom stereocenters. The lowest BCUT2D eigenvalue weighted by atomic mass is 9.88. The molecule has 6 nitrogen and oxygen atoms in total. The van der Waals surface area contributed by atoms with Crippen molar-refractivity contribution in [1.82, 2.24) is 4.90 Å². The Morgan fingerprint density at radius 1 is 1.03 bits per heavy atom. The number of furan rings is 1. The van der Waals surface area contributed by atoms with Crippen molar-refractivity contribution < 1.29 is 19.0 Å². The molecular formula is C31H34N2O4. The molecule has 6 heteroatoms. The van der Waals surface area contributed by atoms with Crippen LogP contribution >= 0.6 is 0 Å². The van der Waals surface area contributed by atoms with Gasteiger partial charge in [0.1, 0.15) is 30.7 Å². The third-order valence-corrected chi connectivity index (χ3v) is 7.43. The summed E-state index contributed by atoms with van der Waals surface area (Å²) in [5.41, 5.74) is 1.89. The number of rotatable bonds is 7. The van der Waals surface area contributed by atoms with Gasteiger partial charge in [-0.2, -0.15) is 0 Å². The van der Waals surface area contributed by atoms with E-state index in [9.17, 15) is 5.11 Å². The van der Waals surface area contributed by atoms with Gasteiger partial charge >= 0.3 is 0 Å². The van der Waals surface area contributed by atoms with Crippen LogP contribution in [0.25, 0.3) is 21.7 Å². The van der Waals surface area contributed by atoms with Crippen molar-refractivity contribution in [2.24, 2.45) is 4.99 Å². The number of aliphatic imine (C=N–C) groups is 1. The van der Waals surface area contributed by atoms with E-state index < -0.39 is 6.10 Å². The molecule has 0 spiro atoms. The van der Waals surface area contributed by atoms with E-state index in [-0.39, 0.29) is 12.1 Å². The molecule has 4 aromatic rings. The van der Waals surface area contributed by atoms with Gasteiger partial charge in [0.25, 0.3) is 5.90 Å². The molecule has 1 N–H and O–H groups in total. The highest BCUT2D eigenvalue weighted by molar-refractivity contribution is 5.98. The average Bonchev–Trinajstić information content (AvgIpc) is 3.51. The van der Waals surface area contributed by atoms with Gasteiger partial charge in [0.15, 0.2) is 5.76 Å². The third-order valence-electron chi connectivity index (χ3n) is 7.43. The van der Waals surface area contributed by atoms with Crippen LogP contribution in [0.1, 0.15) is 43.9 Å². The van der Waals surface area contributed by atoms with Gasteiger partial charge in [-0.25, -0.2) is 4.99 Å². The normalized spacial score (nSPS) is 19.2. The van der Waals surface area contributed by atoms with Crippen molar-refractivity contribution in [2.75, 3.05) is 32.8 Å². The van der Waals surface area contributed by atoms with Crippen LogP contribution in [-0.4, -0.2) is 60.4 Å². The van der Waals surface area contributed by atoms with Crippen molar-refractivity contribution in [1.29, 1.82) is 0 Å². The molecule has 1 fully saturated rings. The Hall–Kier alpha value is -3.35. The number of nitrogens with zero attached hydrogens (tertiary/aromatic N) is 2. The molecular weight excluding hydrogens is 464 g/mol. The minimum absolute atomic E-state index is 0.231. The number of aliphatic hydroxyl groups excluding tert-OH is 1. The standard InChI is InChI=1S/C31H34N2O4/c1-31(2)20-36-30(32-31)29-17-26-27(8-5-9-28(26)37-29)35-19-25(34)18-33-14-12-22(13-15-33)24-11-10-21-6-3-4-7-23(21)16-24/h3-11,16-17,22,25,34H,12-15,18-20H2,1-2H3. The molecule has 37 heavy (non-hydrogen) atoms. The maximum Gasteiger partial charge on any atom is 0.253 e. The lowest BCUT2D eigenvalue weighted by Crippen LogP contribution is -2.40. The van der Waals surface area contributed by atoms with E-state index in [1.54, 1.807) is 0 Å². The van der Waals surface area contributed by atoms with Crippen LogP contribution in [0.3, 0.4) is 0 Å². The van der Waals surface area contributed by atoms with E-state index in [0.29, 0.717) is 42.1 Å². The Kier molecular flexibility index (Phi) is 6.39. The third kappa shape index (κ3) is 5.22. The van der Waals surface area contributed by atoms with E-state index in [1.165, 1.54) is 16.3 Å². The summed E-state index contributed by atoms with van der Waals surface area (Å²) in [4.78, 5) is 6.95. The smallest absolute Gasteiger partial charge is 0.253 e. The zero-order valence-corrected chi connectivity index (χ0v) is 21.5. The minimum Gasteiger partial charge on any atom is -0.490 e. The fourth-order valence-electron chi connectivity index (χ4n) is 5.42. The lowest BCUT2D eigenvalue weighted by molar-refractivity contribution is 0.0599. The van der Waals surface area contributed by atoms with Crippen molar-refractivity contribution in [3.05, 3.63) is 78.1 Å². The number of benzene rings is 3. The summed E-state index contributed by atoms with van der Waals surface area (Å²) in [6.07, 6.45) is 1.64. The van der Waals surface area contributed by atoms with Gasteiger partial charge in [0.05, 0.1) is 10.9 Å². The van der Waals surface area contributed by atoms with E-state index in [4.69, 9.17) is 13.9 Å². The number of likely N-dealkylation sites (tertiary alicyclic amines) is 1. The monoisotopic (exact) mass is 498 g/mol. The Labute approximate surface area is 217 Å². The molecule has 0 saturated carbocycles. The molecule has 2 aliphatic rings. The first-order chi connectivity index (χ1) is 17.9. The summed E-state index contributed by atoms with van der Waals surface area (Å²) in [6, 6.07) is 23.0. The first-order valence-corrected chi connectivity index (χ1v) is 13.2. The van der Waals surface area contributed by atoms with Crippen LogP contribution < -0.4 is 4.74 Å². The molecule has 1 unspecified atom stereocenters. The van der Waals surface area contributed by atoms with Gasteiger partial charge in [0, 0.05) is 12.6 Å². The second-order valence-corrected chi connectivity index (χ2v) is 10.9. The van der Waals surface area contributed by atoms with Crippen LogP contribution in [0.5, 0.6) is 5.75 Å². The second kappa shape index (κ2) is 9.84. The Morgan fingerprint density at radius 3 is 2.62 bits per heavy atom. The second-order valence-electron chi connectivity index (χ2n) is 10.9. The molecule has 0 bridgehead atoms. The Balaban J connectivity index is 1.04. The van der Waals surface area contributed by atoms with Crippen LogP contribution in [0.4, 0.5) is 0 Å². The highest BCUT2D eigenvalue weighted by atomic mass is 16.5. The van der Waals surface area contributed by atoms with Gasteiger partial charge < -0.3 is 23.9 Å². The van der Waals surface area contributed by atoms with E-state index >= 15 is 0 Å². The van der Waals surface area contributed by atoms with E-state index in [2.05, 4.69) is 52.4 Å². The molecule has 3 aromatic carbocycles. The van der Waals surface area contributed by atoms with Crippen molar-refractivity contribution in [2.45, 2.75) is 44.2 Å². The summed E-state index contributed by atoms with van der Waals surface area (Å²) in [5.74, 6) is 2.39. The van der Waals surface area contributed by atoms with E-state index in [1.807, 2.05) is 38.1 Å². The number of aliphatic hydroxyl groups is 1. The van der Waals surface area contributed by atoms with Crippen LogP contribution in [0.2, 0.25) is 0 Å². The number of ether oxygens (including phenoxy) is 2. The van der Waals surface area contributed by atoms with Gasteiger partial charge in [-0.05, 0) is 74.2 Å². The van der Waals surface area contributed by atoms with Gasteiger partial charge in [-0.3, -0.25) is 0 Å². The van der Waals surface area contributed by atoms with Crippen LogP contribution in [0, 0.1) is 0 Å². The van der Waals surface area contributed by atoms with Crippen LogP contribution in [0.15, 0.2) is 76.1 Å². The summed E-state index contributed by atoms with van der Waals surface area (Å²) < 4.78 is 17.8. The highest BCUT2D eigenvalue weighted by Crippen LogP contribution is 2.32. The first kappa shape index (κ1) is 24.0. The highest BCUT2D eigenvalue weighted by Gasteiger charge is 2.29. The summed E-state index contributed by atoms with van der Waals surface area (Å²) in [6.45, 7) is 7.40. The fourth-order valence-corrected chi connectivity index (χ4v) is 5.42. The van der Waals surface area contributed by atoms with Gasteiger partial charge in [0.2, 0.25) is 0 Å². The Morgan fingerprint density at radius 2 is 1.84 bits per heavy atom. The summed E-state index contributed by atoms with van der Waals surface area (Å²) in [5, 5.41) is 14.2. The average molecular weight is 499 g/mol. The number of β-amino-alcohol motifs (C(OH)–C–C–N with tert-alkyl or cyclic N) is 1. The molecule has 0 amide bonds. The van der Waals surface area contributed by atoms with Crippen LogP contribution in [-0.2, 0) is 4.74 Å². The SMILES string of the molecule is CC1(C)COC(c2cc3c(OCC(O)CN4CCC(c5ccc6ccccc6c5)CC4)cccc3o2)=N1. The summed E-state index contributed by atoms with van der Waals surface area (Å²) in [7, 11) is 0. The molecule has 6 rings (SSSR count). The quantitative estimate of drug-likeness (QED) is 0.351. The molecule has 1 saturated heterocycles. The molecule has 0 radical (unpaired) electrons. The van der Waals surface area contributed by atoms with Gasteiger partial charge in [-0.15, -0.1) is 0 Å². The zero-order valence-electron chi connectivity index (χ0n) is 21.5. The first-order valence-electron chi connectivity index (χ1n) is 13.2. The predicted molar refractivity (Wildman–Crippen MR) is 147 cm³/mol. The zero-order chi connectivity index (χ0) is 25.4. The topological polar surface area (TPSA) is 67.4 Å². The molecule has 1 aromatic heterocycles. The molecule has 0 aliphatic carbocycles. The maximum atomic E-state index is 10.7. The lowest BCUT2D eigenvalue weighted by Gasteiger charge is -2.33. The fraction of sp³-hybridized carbons (Fsp3) is 0.387. The molecule has 192 valence electrons. The largest absolute Gasteiger partial charge is 0.490 e. The minimum atomic E-state index is -0.567. The van der Waals surface area contributed by atoms with E-state index in [0.717, 1.165) is 31.3 Å². The number of piperidine rings is 1. The van der Waals surface area contributed by atoms with Gasteiger partial charge in [-0.1, -0.05) is 48.5 Å². The number of hydrogen-bond acceptors (Lipinski definition) is 6. The molecule has 3 heterocycles. The predicted octanol–water partition coefficient (Wildman–Crippen LogP) is 5.76. The maximum absolute atomic E-state index is 10.7.